The van der Waals surface area contributed by atoms with Gasteiger partial charge in [0, 0.05) is 29.0 Å². The number of rotatable bonds is 3. The van der Waals surface area contributed by atoms with Crippen LogP contribution >= 0.6 is 0 Å². The molecule has 0 N–H and O–H groups in total. The fraction of sp³-hybridized carbons (Fsp3) is 0.476. The van der Waals surface area contributed by atoms with Gasteiger partial charge < -0.3 is 0 Å². The number of benzene rings is 1. The van der Waals surface area contributed by atoms with Crippen LogP contribution in [0, 0.1) is 22.7 Å². The molecule has 0 spiro atoms. The number of hydrogen-bond acceptors (Lipinski definition) is 3. The summed E-state index contributed by atoms with van der Waals surface area (Å²) in [7, 11) is 0. The molecule has 1 aromatic heterocycles. The third kappa shape index (κ3) is 3.30. The number of fused-ring (bicyclic) bond motifs is 1. The maximum Gasteiger partial charge on any atom is 0.0995 e. The van der Waals surface area contributed by atoms with Gasteiger partial charge in [-0.15, -0.1) is 0 Å². The van der Waals surface area contributed by atoms with Crippen molar-refractivity contribution < 1.29 is 0 Å². The standard InChI is InChI=1S/C21H24N4/c1-21(2,3)20-19-15(11-12-22)9-6-10-18(19)25(24-20)14-17-8-5-4-7-16(17)13-23/h4-5,7-8,15H,6,9-11,14H2,1-3H3. The van der Waals surface area contributed by atoms with Crippen molar-refractivity contribution in [2.75, 3.05) is 0 Å². The summed E-state index contributed by atoms with van der Waals surface area (Å²) in [5.74, 6) is 0.280. The maximum atomic E-state index is 9.37. The number of nitriles is 2. The number of hydrogen-bond donors (Lipinski definition) is 0. The molecule has 128 valence electrons. The van der Waals surface area contributed by atoms with Gasteiger partial charge in [-0.3, -0.25) is 4.68 Å². The molecule has 0 saturated carbocycles. The second-order valence-electron chi connectivity index (χ2n) is 7.84. The van der Waals surface area contributed by atoms with E-state index in [0.29, 0.717) is 18.5 Å². The van der Waals surface area contributed by atoms with Crippen LogP contribution in [-0.2, 0) is 18.4 Å². The van der Waals surface area contributed by atoms with E-state index in [-0.39, 0.29) is 11.3 Å². The first-order chi connectivity index (χ1) is 12.0. The lowest BCUT2D eigenvalue weighted by Crippen LogP contribution is -2.18. The first kappa shape index (κ1) is 17.2. The quantitative estimate of drug-likeness (QED) is 0.835. The molecule has 3 rings (SSSR count). The van der Waals surface area contributed by atoms with Crippen LogP contribution in [0.3, 0.4) is 0 Å². The molecule has 1 aliphatic rings. The Morgan fingerprint density at radius 1 is 1.24 bits per heavy atom. The Hall–Kier alpha value is -2.59. The van der Waals surface area contributed by atoms with E-state index in [1.54, 1.807) is 0 Å². The van der Waals surface area contributed by atoms with Crippen LogP contribution in [0.1, 0.15) is 74.0 Å². The third-order valence-electron chi connectivity index (χ3n) is 4.98. The second kappa shape index (κ2) is 6.73. The van der Waals surface area contributed by atoms with E-state index in [1.165, 1.54) is 11.3 Å². The van der Waals surface area contributed by atoms with E-state index in [1.807, 2.05) is 24.3 Å². The molecule has 0 radical (unpaired) electrons. The van der Waals surface area contributed by atoms with Gasteiger partial charge in [0.05, 0.1) is 29.9 Å². The predicted molar refractivity (Wildman–Crippen MR) is 97.1 cm³/mol. The zero-order valence-electron chi connectivity index (χ0n) is 15.2. The van der Waals surface area contributed by atoms with Crippen LogP contribution in [0.2, 0.25) is 0 Å². The van der Waals surface area contributed by atoms with Gasteiger partial charge in [-0.2, -0.15) is 15.6 Å². The molecular formula is C21H24N4. The van der Waals surface area contributed by atoms with Crippen molar-refractivity contribution in [1.29, 1.82) is 10.5 Å². The Morgan fingerprint density at radius 2 is 2.00 bits per heavy atom. The SMILES string of the molecule is CC(C)(C)c1nn(Cc2ccccc2C#N)c2c1C(CC#N)CCC2. The molecule has 0 fully saturated rings. The van der Waals surface area contributed by atoms with Crippen molar-refractivity contribution in [2.24, 2.45) is 0 Å². The molecule has 0 saturated heterocycles. The summed E-state index contributed by atoms with van der Waals surface area (Å²) in [5, 5.41) is 23.6. The highest BCUT2D eigenvalue weighted by Gasteiger charge is 2.33. The molecule has 0 aliphatic heterocycles. The van der Waals surface area contributed by atoms with Crippen molar-refractivity contribution in [3.05, 3.63) is 52.3 Å². The average Bonchev–Trinajstić information content (AvgIpc) is 2.96. The fourth-order valence-electron chi connectivity index (χ4n) is 3.79. The first-order valence-electron chi connectivity index (χ1n) is 8.90. The molecule has 4 heteroatoms. The molecule has 4 nitrogen and oxygen atoms in total. The van der Waals surface area contributed by atoms with E-state index in [0.717, 1.165) is 30.5 Å². The van der Waals surface area contributed by atoms with Crippen LogP contribution in [-0.4, -0.2) is 9.78 Å². The minimum absolute atomic E-state index is 0.0604. The van der Waals surface area contributed by atoms with Crippen LogP contribution in [0.5, 0.6) is 0 Å². The first-order valence-corrected chi connectivity index (χ1v) is 8.90. The fourth-order valence-corrected chi connectivity index (χ4v) is 3.79. The van der Waals surface area contributed by atoms with Crippen molar-refractivity contribution in [1.82, 2.24) is 9.78 Å². The summed E-state index contributed by atoms with van der Waals surface area (Å²) in [6.45, 7) is 7.16. The van der Waals surface area contributed by atoms with E-state index in [2.05, 4.69) is 37.6 Å². The Kier molecular flexibility index (Phi) is 4.64. The van der Waals surface area contributed by atoms with Crippen LogP contribution < -0.4 is 0 Å². The summed E-state index contributed by atoms with van der Waals surface area (Å²) in [6, 6.07) is 12.3. The van der Waals surface area contributed by atoms with Crippen LogP contribution in [0.25, 0.3) is 0 Å². The van der Waals surface area contributed by atoms with Crippen molar-refractivity contribution in [3.8, 4) is 12.1 Å². The van der Waals surface area contributed by atoms with E-state index >= 15 is 0 Å². The molecule has 2 aromatic rings. The number of nitrogens with zero attached hydrogens (tertiary/aromatic N) is 4. The topological polar surface area (TPSA) is 65.4 Å². The Bertz CT molecular complexity index is 855. The zero-order chi connectivity index (χ0) is 18.0. The summed E-state index contributed by atoms with van der Waals surface area (Å²) >= 11 is 0. The summed E-state index contributed by atoms with van der Waals surface area (Å²) in [5.41, 5.74) is 5.29. The smallest absolute Gasteiger partial charge is 0.0995 e. The average molecular weight is 332 g/mol. The normalized spacial score (nSPS) is 16.8. The number of aromatic nitrogens is 2. The van der Waals surface area contributed by atoms with Crippen LogP contribution in [0.4, 0.5) is 0 Å². The lowest BCUT2D eigenvalue weighted by molar-refractivity contribution is 0.520. The lowest BCUT2D eigenvalue weighted by Gasteiger charge is -2.25. The summed E-state index contributed by atoms with van der Waals surface area (Å²) < 4.78 is 2.08. The van der Waals surface area contributed by atoms with Crippen molar-refractivity contribution in [3.63, 3.8) is 0 Å². The van der Waals surface area contributed by atoms with Gasteiger partial charge >= 0.3 is 0 Å². The minimum Gasteiger partial charge on any atom is -0.265 e. The largest absolute Gasteiger partial charge is 0.265 e. The van der Waals surface area contributed by atoms with Gasteiger partial charge in [0.1, 0.15) is 0 Å². The maximum absolute atomic E-state index is 9.37. The highest BCUT2D eigenvalue weighted by molar-refractivity contribution is 5.40. The lowest BCUT2D eigenvalue weighted by atomic mass is 9.78. The van der Waals surface area contributed by atoms with Crippen molar-refractivity contribution in [2.45, 2.75) is 64.3 Å². The van der Waals surface area contributed by atoms with E-state index in [9.17, 15) is 10.5 Å². The molecule has 1 heterocycles. The predicted octanol–water partition coefficient (Wildman–Crippen LogP) is 4.43. The molecule has 25 heavy (non-hydrogen) atoms. The summed E-state index contributed by atoms with van der Waals surface area (Å²) in [4.78, 5) is 0. The van der Waals surface area contributed by atoms with Crippen LogP contribution in [0.15, 0.2) is 24.3 Å². The summed E-state index contributed by atoms with van der Waals surface area (Å²) in [6.07, 6.45) is 3.70. The molecular weight excluding hydrogens is 308 g/mol. The van der Waals surface area contributed by atoms with Gasteiger partial charge in [0.15, 0.2) is 0 Å². The molecule has 1 aliphatic carbocycles. The van der Waals surface area contributed by atoms with E-state index < -0.39 is 0 Å². The van der Waals surface area contributed by atoms with Gasteiger partial charge in [-0.1, -0.05) is 39.0 Å². The zero-order valence-corrected chi connectivity index (χ0v) is 15.2. The van der Waals surface area contributed by atoms with Crippen molar-refractivity contribution >= 4 is 0 Å². The minimum atomic E-state index is -0.0604. The highest BCUT2D eigenvalue weighted by Crippen LogP contribution is 2.40. The molecule has 1 atom stereocenters. The van der Waals surface area contributed by atoms with Gasteiger partial charge in [-0.25, -0.2) is 0 Å². The molecule has 1 aromatic carbocycles. The Labute approximate surface area is 149 Å². The molecule has 0 amide bonds. The Balaban J connectivity index is 2.10. The van der Waals surface area contributed by atoms with E-state index in [4.69, 9.17) is 5.10 Å². The van der Waals surface area contributed by atoms with Gasteiger partial charge in [-0.05, 0) is 30.9 Å². The third-order valence-corrected chi connectivity index (χ3v) is 4.98. The Morgan fingerprint density at radius 3 is 2.68 bits per heavy atom. The van der Waals surface area contributed by atoms with Gasteiger partial charge in [0.2, 0.25) is 0 Å². The molecule has 1 unspecified atom stereocenters. The van der Waals surface area contributed by atoms with Gasteiger partial charge in [0.25, 0.3) is 0 Å². The molecule has 0 bridgehead atoms. The highest BCUT2D eigenvalue weighted by atomic mass is 15.3. The second-order valence-corrected chi connectivity index (χ2v) is 7.84. The monoisotopic (exact) mass is 332 g/mol.